The monoisotopic (exact) mass is 248 g/mol. The number of hydrogen-bond donors (Lipinski definition) is 1. The van der Waals surface area contributed by atoms with E-state index in [9.17, 15) is 0 Å². The molecule has 2 N–H and O–H groups in total. The highest BCUT2D eigenvalue weighted by Crippen LogP contribution is 2.21. The molecule has 0 radical (unpaired) electrons. The molecule has 0 aliphatic carbocycles. The Bertz CT molecular complexity index is 312. The average molecular weight is 248 g/mol. The van der Waals surface area contributed by atoms with E-state index < -0.39 is 0 Å². The molecular weight excluding hydrogens is 220 g/mol. The maximum atomic E-state index is 6.00. The highest BCUT2D eigenvalue weighted by Gasteiger charge is 2.17. The van der Waals surface area contributed by atoms with Gasteiger partial charge in [0.1, 0.15) is 0 Å². The smallest absolute Gasteiger partial charge is 0.0470 e. The van der Waals surface area contributed by atoms with E-state index in [2.05, 4.69) is 49.9 Å². The largest absolute Gasteiger partial charge is 0.329 e. The minimum atomic E-state index is 0.371. The van der Waals surface area contributed by atoms with Crippen molar-refractivity contribution in [2.75, 3.05) is 19.6 Å². The molecule has 0 aliphatic heterocycles. The molecule has 0 aromatic heterocycles. The quantitative estimate of drug-likeness (QED) is 0.764. The van der Waals surface area contributed by atoms with Gasteiger partial charge in [0.25, 0.3) is 0 Å². The Labute approximate surface area is 112 Å². The minimum absolute atomic E-state index is 0.371. The van der Waals surface area contributed by atoms with Crippen molar-refractivity contribution in [1.29, 1.82) is 0 Å². The Balaban J connectivity index is 2.83. The zero-order valence-corrected chi connectivity index (χ0v) is 12.2. The van der Waals surface area contributed by atoms with E-state index in [-0.39, 0.29) is 0 Å². The van der Waals surface area contributed by atoms with Gasteiger partial charge in [-0.15, -0.1) is 0 Å². The van der Waals surface area contributed by atoms with Crippen LogP contribution in [0.5, 0.6) is 0 Å². The number of aryl methyl sites for hydroxylation is 1. The summed E-state index contributed by atoms with van der Waals surface area (Å²) in [6.07, 6.45) is 3.47. The third kappa shape index (κ3) is 4.11. The molecule has 2 nitrogen and oxygen atoms in total. The van der Waals surface area contributed by atoms with E-state index >= 15 is 0 Å². The van der Waals surface area contributed by atoms with Gasteiger partial charge in [0.05, 0.1) is 0 Å². The first-order valence-electron chi connectivity index (χ1n) is 7.29. The molecule has 2 heteroatoms. The van der Waals surface area contributed by atoms with Crippen molar-refractivity contribution < 1.29 is 0 Å². The van der Waals surface area contributed by atoms with Crippen molar-refractivity contribution in [2.24, 2.45) is 5.73 Å². The van der Waals surface area contributed by atoms with E-state index in [0.29, 0.717) is 12.6 Å². The van der Waals surface area contributed by atoms with Gasteiger partial charge < -0.3 is 5.73 Å². The maximum absolute atomic E-state index is 6.00. The number of rotatable bonds is 8. The SMILES string of the molecule is CCCN(CCC)C(CN)c1ccc(CC)cc1. The van der Waals surface area contributed by atoms with Gasteiger partial charge in [0.15, 0.2) is 0 Å². The Morgan fingerprint density at radius 3 is 1.94 bits per heavy atom. The van der Waals surface area contributed by atoms with Gasteiger partial charge in [-0.3, -0.25) is 4.90 Å². The summed E-state index contributed by atoms with van der Waals surface area (Å²) in [5.41, 5.74) is 8.75. The zero-order chi connectivity index (χ0) is 13.4. The molecule has 0 saturated carbocycles. The molecule has 1 rings (SSSR count). The first-order valence-corrected chi connectivity index (χ1v) is 7.29. The van der Waals surface area contributed by atoms with E-state index in [1.54, 1.807) is 0 Å². The summed E-state index contributed by atoms with van der Waals surface area (Å²) in [7, 11) is 0. The van der Waals surface area contributed by atoms with Crippen LogP contribution in [0.4, 0.5) is 0 Å². The molecule has 0 bridgehead atoms. The van der Waals surface area contributed by atoms with Crippen LogP contribution in [-0.4, -0.2) is 24.5 Å². The molecule has 0 saturated heterocycles. The van der Waals surface area contributed by atoms with Crippen molar-refractivity contribution in [2.45, 2.75) is 46.1 Å². The van der Waals surface area contributed by atoms with E-state index in [4.69, 9.17) is 5.73 Å². The lowest BCUT2D eigenvalue weighted by Gasteiger charge is -2.30. The van der Waals surface area contributed by atoms with Crippen molar-refractivity contribution in [3.05, 3.63) is 35.4 Å². The van der Waals surface area contributed by atoms with Gasteiger partial charge in [-0.1, -0.05) is 45.0 Å². The number of benzene rings is 1. The van der Waals surface area contributed by atoms with Crippen LogP contribution in [-0.2, 0) is 6.42 Å². The maximum Gasteiger partial charge on any atom is 0.0470 e. The average Bonchev–Trinajstić information content (AvgIpc) is 2.41. The number of nitrogens with two attached hydrogens (primary N) is 1. The summed E-state index contributed by atoms with van der Waals surface area (Å²) in [6.45, 7) is 9.62. The lowest BCUT2D eigenvalue weighted by atomic mass is 10.0. The highest BCUT2D eigenvalue weighted by atomic mass is 15.2. The normalized spacial score (nSPS) is 12.9. The lowest BCUT2D eigenvalue weighted by molar-refractivity contribution is 0.202. The van der Waals surface area contributed by atoms with Gasteiger partial charge >= 0.3 is 0 Å². The highest BCUT2D eigenvalue weighted by molar-refractivity contribution is 5.25. The third-order valence-corrected chi connectivity index (χ3v) is 3.46. The second kappa shape index (κ2) is 8.28. The molecule has 0 spiro atoms. The van der Waals surface area contributed by atoms with Gasteiger partial charge in [-0.2, -0.15) is 0 Å². The van der Waals surface area contributed by atoms with Gasteiger partial charge in [0.2, 0.25) is 0 Å². The fraction of sp³-hybridized carbons (Fsp3) is 0.625. The Kier molecular flexibility index (Phi) is 6.99. The van der Waals surface area contributed by atoms with Crippen LogP contribution < -0.4 is 5.73 Å². The molecule has 1 unspecified atom stereocenters. The third-order valence-electron chi connectivity index (χ3n) is 3.46. The van der Waals surface area contributed by atoms with Crippen LogP contribution in [0.3, 0.4) is 0 Å². The topological polar surface area (TPSA) is 29.3 Å². The van der Waals surface area contributed by atoms with Gasteiger partial charge in [0, 0.05) is 12.6 Å². The molecule has 0 aliphatic rings. The van der Waals surface area contributed by atoms with Crippen molar-refractivity contribution in [1.82, 2.24) is 4.90 Å². The lowest BCUT2D eigenvalue weighted by Crippen LogP contribution is -2.35. The molecule has 0 heterocycles. The van der Waals surface area contributed by atoms with Crippen LogP contribution in [0.2, 0.25) is 0 Å². The van der Waals surface area contributed by atoms with Crippen LogP contribution >= 0.6 is 0 Å². The predicted molar refractivity (Wildman–Crippen MR) is 79.8 cm³/mol. The number of nitrogens with zero attached hydrogens (tertiary/aromatic N) is 1. The van der Waals surface area contributed by atoms with Crippen molar-refractivity contribution in [3.8, 4) is 0 Å². The molecule has 0 fully saturated rings. The van der Waals surface area contributed by atoms with E-state index in [1.807, 2.05) is 0 Å². The Hall–Kier alpha value is -0.860. The summed E-state index contributed by atoms with van der Waals surface area (Å²) in [5.74, 6) is 0. The molecule has 18 heavy (non-hydrogen) atoms. The summed E-state index contributed by atoms with van der Waals surface area (Å²) in [5, 5.41) is 0. The van der Waals surface area contributed by atoms with Crippen molar-refractivity contribution >= 4 is 0 Å². The van der Waals surface area contributed by atoms with Crippen LogP contribution in [0.25, 0.3) is 0 Å². The van der Waals surface area contributed by atoms with E-state index in [1.165, 1.54) is 24.0 Å². The first-order chi connectivity index (χ1) is 8.76. The molecule has 102 valence electrons. The second-order valence-electron chi connectivity index (χ2n) is 4.88. The van der Waals surface area contributed by atoms with Crippen molar-refractivity contribution in [3.63, 3.8) is 0 Å². The fourth-order valence-electron chi connectivity index (χ4n) is 2.47. The number of hydrogen-bond acceptors (Lipinski definition) is 2. The predicted octanol–water partition coefficient (Wildman–Crippen LogP) is 3.37. The minimum Gasteiger partial charge on any atom is -0.329 e. The van der Waals surface area contributed by atoms with Crippen LogP contribution in [0.15, 0.2) is 24.3 Å². The zero-order valence-electron chi connectivity index (χ0n) is 12.2. The van der Waals surface area contributed by atoms with Gasteiger partial charge in [-0.05, 0) is 43.5 Å². The Morgan fingerprint density at radius 2 is 1.56 bits per heavy atom. The molecule has 1 aromatic rings. The molecule has 0 amide bonds. The first kappa shape index (κ1) is 15.2. The molecule has 1 atom stereocenters. The summed E-state index contributed by atoms with van der Waals surface area (Å²) < 4.78 is 0. The Morgan fingerprint density at radius 1 is 1.00 bits per heavy atom. The second-order valence-corrected chi connectivity index (χ2v) is 4.88. The van der Waals surface area contributed by atoms with Crippen LogP contribution in [0, 0.1) is 0 Å². The van der Waals surface area contributed by atoms with Gasteiger partial charge in [-0.25, -0.2) is 0 Å². The standard InChI is InChI=1S/C16H28N2/c1-4-11-18(12-5-2)16(13-17)15-9-7-14(6-3)8-10-15/h7-10,16H,4-6,11-13,17H2,1-3H3. The fourth-order valence-corrected chi connectivity index (χ4v) is 2.47. The summed E-state index contributed by atoms with van der Waals surface area (Å²) >= 11 is 0. The van der Waals surface area contributed by atoms with E-state index in [0.717, 1.165) is 19.5 Å². The molecule has 1 aromatic carbocycles. The van der Waals surface area contributed by atoms with Crippen LogP contribution in [0.1, 0.15) is 50.8 Å². The summed E-state index contributed by atoms with van der Waals surface area (Å²) in [6, 6.07) is 9.32. The summed E-state index contributed by atoms with van der Waals surface area (Å²) in [4.78, 5) is 2.51. The molecular formula is C16H28N2.